The maximum Gasteiger partial charge on any atom is 0.0409 e. The molecule has 0 bridgehead atoms. The largest absolute Gasteiger partial charge is 0.344 e. The summed E-state index contributed by atoms with van der Waals surface area (Å²) in [6, 6.07) is 4.18. The van der Waals surface area contributed by atoms with E-state index in [4.69, 9.17) is 0 Å². The van der Waals surface area contributed by atoms with Gasteiger partial charge in [-0.05, 0) is 18.2 Å². The van der Waals surface area contributed by atoms with Crippen molar-refractivity contribution in [2.45, 2.75) is 6.54 Å². The normalized spacial score (nSPS) is 18.6. The van der Waals surface area contributed by atoms with Crippen LogP contribution in [0, 0.1) is 0 Å². The smallest absolute Gasteiger partial charge is 0.0409 e. The van der Waals surface area contributed by atoms with Crippen molar-refractivity contribution < 1.29 is 0 Å². The second-order valence-electron chi connectivity index (χ2n) is 3.49. The Morgan fingerprint density at radius 1 is 1.07 bits per heavy atom. The first kappa shape index (κ1) is 9.49. The molecule has 0 atom stereocenters. The van der Waals surface area contributed by atoms with Crippen LogP contribution < -0.4 is 10.6 Å². The summed E-state index contributed by atoms with van der Waals surface area (Å²) in [5.74, 6) is 0. The molecule has 3 heteroatoms. The van der Waals surface area contributed by atoms with E-state index in [1.165, 1.54) is 5.69 Å². The van der Waals surface area contributed by atoms with E-state index in [1.54, 1.807) is 0 Å². The Morgan fingerprint density at radius 3 is 2.36 bits per heavy atom. The van der Waals surface area contributed by atoms with Crippen LogP contribution in [0.2, 0.25) is 0 Å². The zero-order valence-corrected chi connectivity index (χ0v) is 8.37. The van der Waals surface area contributed by atoms with E-state index in [1.807, 2.05) is 0 Å². The predicted molar refractivity (Wildman–Crippen MR) is 59.2 cm³/mol. The second kappa shape index (κ2) is 4.98. The van der Waals surface area contributed by atoms with E-state index in [0.717, 1.165) is 32.7 Å². The Balaban J connectivity index is 0.000000112. The van der Waals surface area contributed by atoms with Gasteiger partial charge in [-0.25, -0.2) is 0 Å². The van der Waals surface area contributed by atoms with Gasteiger partial charge in [0.15, 0.2) is 0 Å². The van der Waals surface area contributed by atoms with Gasteiger partial charge in [0.1, 0.15) is 0 Å². The molecule has 1 saturated heterocycles. The predicted octanol–water partition coefficient (Wildman–Crippen LogP) is 0.694. The first-order valence-electron chi connectivity index (χ1n) is 5.20. The van der Waals surface area contributed by atoms with Gasteiger partial charge in [0.25, 0.3) is 0 Å². The molecule has 3 heterocycles. The number of aromatic nitrogens is 1. The van der Waals surface area contributed by atoms with Crippen LogP contribution in [0.15, 0.2) is 24.4 Å². The number of hydrogen-bond acceptors (Lipinski definition) is 2. The molecule has 1 aromatic rings. The van der Waals surface area contributed by atoms with Gasteiger partial charge in [-0.15, -0.1) is 0 Å². The van der Waals surface area contributed by atoms with Gasteiger partial charge >= 0.3 is 0 Å². The number of allylic oxidation sites excluding steroid dienone is 1. The van der Waals surface area contributed by atoms with Crippen LogP contribution in [-0.2, 0) is 6.54 Å². The molecule has 76 valence electrons. The molecule has 0 aliphatic carbocycles. The lowest BCUT2D eigenvalue weighted by molar-refractivity contribution is 0.534. The molecule has 1 aromatic heterocycles. The zero-order chi connectivity index (χ0) is 9.64. The Kier molecular flexibility index (Phi) is 3.38. The first-order chi connectivity index (χ1) is 6.97. The van der Waals surface area contributed by atoms with Crippen LogP contribution in [0.5, 0.6) is 0 Å². The van der Waals surface area contributed by atoms with Crippen LogP contribution >= 0.6 is 0 Å². The third kappa shape index (κ3) is 2.47. The third-order valence-corrected chi connectivity index (χ3v) is 2.41. The van der Waals surface area contributed by atoms with Crippen molar-refractivity contribution in [3.63, 3.8) is 0 Å². The molecule has 2 aliphatic rings. The Labute approximate surface area is 84.8 Å². The number of fused-ring (bicyclic) bond motifs is 1. The molecular formula is C11H17N3. The van der Waals surface area contributed by atoms with E-state index >= 15 is 0 Å². The highest BCUT2D eigenvalue weighted by molar-refractivity contribution is 5.48. The fraction of sp³-hybridized carbons (Fsp3) is 0.455. The fourth-order valence-corrected chi connectivity index (χ4v) is 1.64. The zero-order valence-electron chi connectivity index (χ0n) is 8.37. The van der Waals surface area contributed by atoms with Gasteiger partial charge in [-0.2, -0.15) is 0 Å². The second-order valence-corrected chi connectivity index (χ2v) is 3.49. The number of nitrogens with one attached hydrogen (secondary N) is 2. The lowest BCUT2D eigenvalue weighted by atomic mass is 10.4. The molecule has 2 aliphatic heterocycles. The van der Waals surface area contributed by atoms with Crippen molar-refractivity contribution in [3.8, 4) is 0 Å². The highest BCUT2D eigenvalue weighted by Gasteiger charge is 1.98. The molecule has 0 saturated carbocycles. The Morgan fingerprint density at radius 2 is 1.79 bits per heavy atom. The van der Waals surface area contributed by atoms with Crippen molar-refractivity contribution in [1.29, 1.82) is 0 Å². The quantitative estimate of drug-likeness (QED) is 0.632. The fourth-order valence-electron chi connectivity index (χ4n) is 1.64. The van der Waals surface area contributed by atoms with E-state index in [9.17, 15) is 0 Å². The van der Waals surface area contributed by atoms with Crippen molar-refractivity contribution in [2.24, 2.45) is 0 Å². The van der Waals surface area contributed by atoms with Crippen molar-refractivity contribution in [3.05, 3.63) is 30.1 Å². The van der Waals surface area contributed by atoms with Gasteiger partial charge in [0.05, 0.1) is 0 Å². The van der Waals surface area contributed by atoms with Gasteiger partial charge in [-0.3, -0.25) is 0 Å². The van der Waals surface area contributed by atoms with Crippen molar-refractivity contribution in [1.82, 2.24) is 15.2 Å². The average Bonchev–Trinajstić information content (AvgIpc) is 2.82. The summed E-state index contributed by atoms with van der Waals surface area (Å²) in [5, 5.41) is 6.44. The number of piperazine rings is 1. The monoisotopic (exact) mass is 191 g/mol. The lowest BCUT2D eigenvalue weighted by Gasteiger charge is -2.11. The molecule has 1 fully saturated rings. The van der Waals surface area contributed by atoms with Crippen LogP contribution in [0.3, 0.4) is 0 Å². The van der Waals surface area contributed by atoms with Crippen molar-refractivity contribution >= 4 is 6.08 Å². The van der Waals surface area contributed by atoms with E-state index < -0.39 is 0 Å². The third-order valence-electron chi connectivity index (χ3n) is 2.41. The molecule has 14 heavy (non-hydrogen) atoms. The lowest BCUT2D eigenvalue weighted by Crippen LogP contribution is -2.39. The number of rotatable bonds is 0. The van der Waals surface area contributed by atoms with Crippen LogP contribution in [-0.4, -0.2) is 30.7 Å². The summed E-state index contributed by atoms with van der Waals surface area (Å²) < 4.78 is 2.21. The summed E-state index contributed by atoms with van der Waals surface area (Å²) in [7, 11) is 0. The SMILES string of the molecule is C1=Cc2cccn2C1.C1CNCCN1. The van der Waals surface area contributed by atoms with Gasteiger partial charge in [0.2, 0.25) is 0 Å². The first-order valence-corrected chi connectivity index (χ1v) is 5.20. The van der Waals surface area contributed by atoms with Crippen LogP contribution in [0.1, 0.15) is 5.69 Å². The summed E-state index contributed by atoms with van der Waals surface area (Å²) in [5.41, 5.74) is 1.32. The number of hydrogen-bond donors (Lipinski definition) is 2. The van der Waals surface area contributed by atoms with Crippen LogP contribution in [0.4, 0.5) is 0 Å². The molecule has 0 aromatic carbocycles. The minimum atomic E-state index is 1.06. The van der Waals surface area contributed by atoms with E-state index in [2.05, 4.69) is 45.7 Å². The summed E-state index contributed by atoms with van der Waals surface area (Å²) in [4.78, 5) is 0. The minimum Gasteiger partial charge on any atom is -0.344 e. The maximum absolute atomic E-state index is 3.22. The Hall–Kier alpha value is -1.06. The van der Waals surface area contributed by atoms with Gasteiger partial charge < -0.3 is 15.2 Å². The standard InChI is InChI=1S/C7H7N.C4H10N2/c1-3-7-4-2-6-8(7)5-1;1-2-6-4-3-5-1/h1-5H,6H2;5-6H,1-4H2. The van der Waals surface area contributed by atoms with Crippen LogP contribution in [0.25, 0.3) is 6.08 Å². The summed E-state index contributed by atoms with van der Waals surface area (Å²) >= 11 is 0. The molecule has 0 unspecified atom stereocenters. The molecule has 0 spiro atoms. The molecule has 2 N–H and O–H groups in total. The van der Waals surface area contributed by atoms with E-state index in [-0.39, 0.29) is 0 Å². The van der Waals surface area contributed by atoms with E-state index in [0.29, 0.717) is 0 Å². The molecule has 3 nitrogen and oxygen atoms in total. The topological polar surface area (TPSA) is 29.0 Å². The highest BCUT2D eigenvalue weighted by atomic mass is 15.0. The molecule has 0 radical (unpaired) electrons. The number of nitrogens with zero attached hydrogens (tertiary/aromatic N) is 1. The van der Waals surface area contributed by atoms with Gasteiger partial charge in [0, 0.05) is 44.6 Å². The summed E-state index contributed by atoms with van der Waals surface area (Å²) in [6.07, 6.45) is 6.39. The minimum absolute atomic E-state index is 1.06. The molecule has 3 rings (SSSR count). The average molecular weight is 191 g/mol. The van der Waals surface area contributed by atoms with Crippen molar-refractivity contribution in [2.75, 3.05) is 26.2 Å². The Bertz CT molecular complexity index is 286. The summed E-state index contributed by atoms with van der Waals surface area (Å²) in [6.45, 7) is 5.61. The van der Waals surface area contributed by atoms with Gasteiger partial charge in [-0.1, -0.05) is 6.08 Å². The molecular weight excluding hydrogens is 174 g/mol. The maximum atomic E-state index is 3.22. The highest BCUT2D eigenvalue weighted by Crippen LogP contribution is 2.10. The molecule has 0 amide bonds.